The second kappa shape index (κ2) is 2.45. The maximum atomic E-state index is 10.8. The van der Waals surface area contributed by atoms with Crippen LogP contribution < -0.4 is 0 Å². The highest BCUT2D eigenvalue weighted by molar-refractivity contribution is 5.74. The smallest absolute Gasteiger partial charge is 0.220 e. The molecule has 0 unspecified atom stereocenters. The third kappa shape index (κ3) is 1.20. The van der Waals surface area contributed by atoms with E-state index in [0.717, 1.165) is 13.1 Å². The Kier molecular flexibility index (Phi) is 1.79. The molecule has 0 atom stereocenters. The maximum Gasteiger partial charge on any atom is 0.220 e. The van der Waals surface area contributed by atoms with E-state index in [1.54, 1.807) is 6.92 Å². The number of carbonyl (C=O) groups excluding carboxylic acids is 1. The van der Waals surface area contributed by atoms with Crippen LogP contribution in [0, 0.1) is 0 Å². The van der Waals surface area contributed by atoms with E-state index in [9.17, 15) is 4.79 Å². The molecule has 0 aromatic rings. The minimum absolute atomic E-state index is 0.177. The van der Waals surface area contributed by atoms with E-state index in [4.69, 9.17) is 0 Å². The van der Waals surface area contributed by atoms with Crippen molar-refractivity contribution in [2.24, 2.45) is 0 Å². The molecule has 0 bridgehead atoms. The van der Waals surface area contributed by atoms with Gasteiger partial charge in [0, 0.05) is 20.0 Å². The molecule has 0 fully saturated rings. The topological polar surface area (TPSA) is 20.3 Å². The summed E-state index contributed by atoms with van der Waals surface area (Å²) in [6.07, 6.45) is 0. The SMILES string of the molecule is CC(=O)N1CC(C)=C(C)C1. The molecule has 10 heavy (non-hydrogen) atoms. The first-order valence-electron chi connectivity index (χ1n) is 3.52. The largest absolute Gasteiger partial charge is 0.335 e. The Balaban J connectivity index is 2.59. The van der Waals surface area contributed by atoms with Gasteiger partial charge in [0.15, 0.2) is 0 Å². The van der Waals surface area contributed by atoms with E-state index >= 15 is 0 Å². The van der Waals surface area contributed by atoms with Crippen LogP contribution in [0.5, 0.6) is 0 Å². The van der Waals surface area contributed by atoms with Crippen LogP contribution in [-0.4, -0.2) is 23.9 Å². The fraction of sp³-hybridized carbons (Fsp3) is 0.625. The number of nitrogens with zero attached hydrogens (tertiary/aromatic N) is 1. The van der Waals surface area contributed by atoms with Crippen molar-refractivity contribution in [2.75, 3.05) is 13.1 Å². The van der Waals surface area contributed by atoms with Gasteiger partial charge in [-0.1, -0.05) is 11.1 Å². The summed E-state index contributed by atoms with van der Waals surface area (Å²) in [6, 6.07) is 0. The molecule has 56 valence electrons. The lowest BCUT2D eigenvalue weighted by atomic mass is 10.2. The minimum atomic E-state index is 0.177. The summed E-state index contributed by atoms with van der Waals surface area (Å²) in [5.74, 6) is 0.177. The second-order valence-corrected chi connectivity index (χ2v) is 2.94. The number of rotatable bonds is 0. The van der Waals surface area contributed by atoms with Gasteiger partial charge in [-0.2, -0.15) is 0 Å². The van der Waals surface area contributed by atoms with Crippen molar-refractivity contribution in [3.05, 3.63) is 11.1 Å². The van der Waals surface area contributed by atoms with Crippen LogP contribution in [0.4, 0.5) is 0 Å². The van der Waals surface area contributed by atoms with Crippen LogP contribution in [0.15, 0.2) is 11.1 Å². The van der Waals surface area contributed by atoms with E-state index in [0.29, 0.717) is 0 Å². The molecule has 1 rings (SSSR count). The molecule has 2 nitrogen and oxygen atoms in total. The lowest BCUT2D eigenvalue weighted by molar-refractivity contribution is -0.127. The molecular formula is C8H13NO. The van der Waals surface area contributed by atoms with Gasteiger partial charge in [-0.05, 0) is 13.8 Å². The third-order valence-corrected chi connectivity index (χ3v) is 2.03. The predicted molar refractivity (Wildman–Crippen MR) is 40.6 cm³/mol. The highest BCUT2D eigenvalue weighted by atomic mass is 16.2. The van der Waals surface area contributed by atoms with E-state index < -0.39 is 0 Å². The second-order valence-electron chi connectivity index (χ2n) is 2.94. The van der Waals surface area contributed by atoms with Crippen LogP contribution in [0.2, 0.25) is 0 Å². The Morgan fingerprint density at radius 1 is 1.30 bits per heavy atom. The average molecular weight is 139 g/mol. The van der Waals surface area contributed by atoms with Crippen LogP contribution in [0.3, 0.4) is 0 Å². The minimum Gasteiger partial charge on any atom is -0.335 e. The summed E-state index contributed by atoms with van der Waals surface area (Å²) in [5, 5.41) is 0. The van der Waals surface area contributed by atoms with Crippen molar-refractivity contribution < 1.29 is 4.79 Å². The molecule has 1 amide bonds. The fourth-order valence-corrected chi connectivity index (χ4v) is 1.12. The normalized spacial score (nSPS) is 18.5. The maximum absolute atomic E-state index is 10.8. The Labute approximate surface area is 61.5 Å². The van der Waals surface area contributed by atoms with Gasteiger partial charge in [-0.15, -0.1) is 0 Å². The molecule has 1 aliphatic rings. The molecule has 0 aromatic carbocycles. The monoisotopic (exact) mass is 139 g/mol. The van der Waals surface area contributed by atoms with E-state index in [2.05, 4.69) is 13.8 Å². The van der Waals surface area contributed by atoms with Crippen molar-refractivity contribution in [2.45, 2.75) is 20.8 Å². The van der Waals surface area contributed by atoms with Gasteiger partial charge < -0.3 is 4.90 Å². The zero-order chi connectivity index (χ0) is 7.72. The summed E-state index contributed by atoms with van der Waals surface area (Å²) in [7, 11) is 0. The fourth-order valence-electron chi connectivity index (χ4n) is 1.12. The van der Waals surface area contributed by atoms with Crippen molar-refractivity contribution in [1.82, 2.24) is 4.90 Å². The Morgan fingerprint density at radius 2 is 1.70 bits per heavy atom. The summed E-state index contributed by atoms with van der Waals surface area (Å²) in [5.41, 5.74) is 2.69. The number of amides is 1. The van der Waals surface area contributed by atoms with Crippen LogP contribution in [-0.2, 0) is 4.79 Å². The third-order valence-electron chi connectivity index (χ3n) is 2.03. The Hall–Kier alpha value is -0.790. The summed E-state index contributed by atoms with van der Waals surface area (Å²) in [6.45, 7) is 7.45. The van der Waals surface area contributed by atoms with Crippen LogP contribution in [0.1, 0.15) is 20.8 Å². The molecular weight excluding hydrogens is 126 g/mol. The zero-order valence-corrected chi connectivity index (χ0v) is 6.77. The molecule has 0 spiro atoms. The highest BCUT2D eigenvalue weighted by Crippen LogP contribution is 2.15. The van der Waals surface area contributed by atoms with Crippen molar-refractivity contribution in [1.29, 1.82) is 0 Å². The number of carbonyl (C=O) groups is 1. The standard InChI is InChI=1S/C8H13NO/c1-6-4-9(8(3)10)5-7(6)2/h4-5H2,1-3H3. The predicted octanol–water partition coefficient (Wildman–Crippen LogP) is 1.18. The van der Waals surface area contributed by atoms with Crippen molar-refractivity contribution in [3.63, 3.8) is 0 Å². The summed E-state index contributed by atoms with van der Waals surface area (Å²) >= 11 is 0. The quantitative estimate of drug-likeness (QED) is 0.461. The molecule has 0 radical (unpaired) electrons. The summed E-state index contributed by atoms with van der Waals surface area (Å²) in [4.78, 5) is 12.7. The van der Waals surface area contributed by atoms with Crippen molar-refractivity contribution >= 4 is 5.91 Å². The van der Waals surface area contributed by atoms with Gasteiger partial charge >= 0.3 is 0 Å². The van der Waals surface area contributed by atoms with Crippen LogP contribution >= 0.6 is 0 Å². The van der Waals surface area contributed by atoms with E-state index in [-0.39, 0.29) is 5.91 Å². The van der Waals surface area contributed by atoms with Gasteiger partial charge in [-0.25, -0.2) is 0 Å². The Morgan fingerprint density at radius 3 is 1.90 bits per heavy atom. The van der Waals surface area contributed by atoms with E-state index in [1.165, 1.54) is 11.1 Å². The number of hydrogen-bond donors (Lipinski definition) is 0. The first kappa shape index (κ1) is 7.32. The first-order valence-corrected chi connectivity index (χ1v) is 3.52. The molecule has 0 saturated heterocycles. The average Bonchev–Trinajstić information content (AvgIpc) is 2.13. The zero-order valence-electron chi connectivity index (χ0n) is 6.77. The van der Waals surface area contributed by atoms with Gasteiger partial charge in [0.2, 0.25) is 5.91 Å². The lowest BCUT2D eigenvalue weighted by Gasteiger charge is -2.12. The molecule has 0 aliphatic carbocycles. The van der Waals surface area contributed by atoms with E-state index in [1.807, 2.05) is 4.90 Å². The lowest BCUT2D eigenvalue weighted by Crippen LogP contribution is -2.26. The first-order chi connectivity index (χ1) is 4.61. The Bertz CT molecular complexity index is 179. The van der Waals surface area contributed by atoms with Gasteiger partial charge in [-0.3, -0.25) is 4.79 Å². The summed E-state index contributed by atoms with van der Waals surface area (Å²) < 4.78 is 0. The molecule has 1 heterocycles. The molecule has 0 N–H and O–H groups in total. The van der Waals surface area contributed by atoms with Crippen LogP contribution in [0.25, 0.3) is 0 Å². The van der Waals surface area contributed by atoms with Gasteiger partial charge in [0.1, 0.15) is 0 Å². The van der Waals surface area contributed by atoms with Gasteiger partial charge in [0.25, 0.3) is 0 Å². The van der Waals surface area contributed by atoms with Crippen molar-refractivity contribution in [3.8, 4) is 0 Å². The molecule has 0 aromatic heterocycles. The van der Waals surface area contributed by atoms with Gasteiger partial charge in [0.05, 0.1) is 0 Å². The molecule has 0 saturated carbocycles. The molecule has 2 heteroatoms. The number of hydrogen-bond acceptors (Lipinski definition) is 1. The highest BCUT2D eigenvalue weighted by Gasteiger charge is 2.17. The molecule has 1 aliphatic heterocycles.